The van der Waals surface area contributed by atoms with E-state index in [9.17, 15) is 0 Å². The zero-order valence-corrected chi connectivity index (χ0v) is 6.30. The van der Waals surface area contributed by atoms with Crippen LogP contribution >= 0.6 is 0 Å². The van der Waals surface area contributed by atoms with E-state index in [-0.39, 0.29) is 0 Å². The molecule has 1 rings (SSSR count). The molecule has 0 N–H and O–H groups in total. The summed E-state index contributed by atoms with van der Waals surface area (Å²) in [6, 6.07) is 0.731. The van der Waals surface area contributed by atoms with Crippen molar-refractivity contribution in [1.29, 1.82) is 0 Å². The van der Waals surface area contributed by atoms with Crippen LogP contribution in [-0.2, 0) is 0 Å². The molecule has 0 saturated heterocycles. The minimum atomic E-state index is 0.731. The summed E-state index contributed by atoms with van der Waals surface area (Å²) in [5, 5.41) is 0. The average Bonchev–Trinajstić information content (AvgIpc) is 2.33. The lowest BCUT2D eigenvalue weighted by Crippen LogP contribution is -2.28. The summed E-state index contributed by atoms with van der Waals surface area (Å²) < 4.78 is 0. The van der Waals surface area contributed by atoms with Gasteiger partial charge in [0.1, 0.15) is 0 Å². The van der Waals surface area contributed by atoms with Crippen LogP contribution in [0.25, 0.3) is 0 Å². The van der Waals surface area contributed by atoms with Gasteiger partial charge in [-0.05, 0) is 13.0 Å². The molecule has 0 aromatic carbocycles. The van der Waals surface area contributed by atoms with E-state index in [1.165, 1.54) is 13.0 Å². The Morgan fingerprint density at radius 1 is 1.56 bits per heavy atom. The van der Waals surface area contributed by atoms with Gasteiger partial charge in [-0.2, -0.15) is 0 Å². The summed E-state index contributed by atoms with van der Waals surface area (Å²) >= 11 is 0. The zero-order valence-electron chi connectivity index (χ0n) is 6.30. The highest BCUT2D eigenvalue weighted by atomic mass is 15.2. The topological polar surface area (TPSA) is 3.24 Å². The van der Waals surface area contributed by atoms with Crippen molar-refractivity contribution >= 4 is 0 Å². The maximum absolute atomic E-state index is 2.47. The third-order valence-electron chi connectivity index (χ3n) is 1.99. The van der Waals surface area contributed by atoms with Crippen LogP contribution in [0.5, 0.6) is 0 Å². The first-order chi connectivity index (χ1) is 4.38. The Labute approximate surface area is 57.4 Å². The maximum atomic E-state index is 2.47. The van der Waals surface area contributed by atoms with E-state index in [0.717, 1.165) is 12.6 Å². The summed E-state index contributed by atoms with van der Waals surface area (Å²) in [6.45, 7) is 6.80. The lowest BCUT2D eigenvalue weighted by Gasteiger charge is -2.20. The van der Waals surface area contributed by atoms with Crippen LogP contribution in [0.3, 0.4) is 0 Å². The standard InChI is InChI=1S/C8H15N/c1-3-8-6-5-7-9(8)4-2/h5-6,8H,3-4,7H2,1-2H3. The highest BCUT2D eigenvalue weighted by Crippen LogP contribution is 2.10. The quantitative estimate of drug-likeness (QED) is 0.507. The number of rotatable bonds is 2. The fraction of sp³-hybridized carbons (Fsp3) is 0.750. The summed E-state index contributed by atoms with van der Waals surface area (Å²) in [7, 11) is 0. The van der Waals surface area contributed by atoms with Crippen molar-refractivity contribution in [2.45, 2.75) is 26.3 Å². The zero-order chi connectivity index (χ0) is 6.69. The van der Waals surface area contributed by atoms with Gasteiger partial charge in [0.2, 0.25) is 0 Å². The molecule has 9 heavy (non-hydrogen) atoms. The summed E-state index contributed by atoms with van der Waals surface area (Å²) in [4.78, 5) is 2.47. The molecule has 0 bridgehead atoms. The minimum Gasteiger partial charge on any atom is -0.294 e. The molecule has 0 aromatic rings. The maximum Gasteiger partial charge on any atom is 0.0279 e. The molecule has 1 heteroatoms. The predicted molar refractivity (Wildman–Crippen MR) is 40.5 cm³/mol. The van der Waals surface area contributed by atoms with Crippen molar-refractivity contribution < 1.29 is 0 Å². The average molecular weight is 125 g/mol. The third-order valence-corrected chi connectivity index (χ3v) is 1.99. The molecular weight excluding hydrogens is 110 g/mol. The summed E-state index contributed by atoms with van der Waals surface area (Å²) in [6.07, 6.45) is 5.82. The second-order valence-electron chi connectivity index (χ2n) is 2.49. The van der Waals surface area contributed by atoms with Crippen LogP contribution < -0.4 is 0 Å². The van der Waals surface area contributed by atoms with E-state index in [2.05, 4.69) is 30.9 Å². The number of likely N-dealkylation sites (N-methyl/N-ethyl adjacent to an activating group) is 1. The minimum absolute atomic E-state index is 0.731. The number of hydrogen-bond acceptors (Lipinski definition) is 1. The van der Waals surface area contributed by atoms with Crippen molar-refractivity contribution in [3.05, 3.63) is 12.2 Å². The Morgan fingerprint density at radius 2 is 2.33 bits per heavy atom. The molecule has 0 saturated carbocycles. The molecule has 0 amide bonds. The molecule has 0 radical (unpaired) electrons. The highest BCUT2D eigenvalue weighted by Gasteiger charge is 2.14. The molecule has 1 heterocycles. The van der Waals surface area contributed by atoms with E-state index in [1.807, 2.05) is 0 Å². The Kier molecular flexibility index (Phi) is 2.29. The van der Waals surface area contributed by atoms with Gasteiger partial charge in [0.15, 0.2) is 0 Å². The van der Waals surface area contributed by atoms with E-state index in [4.69, 9.17) is 0 Å². The van der Waals surface area contributed by atoms with Crippen LogP contribution in [-0.4, -0.2) is 24.0 Å². The monoisotopic (exact) mass is 125 g/mol. The highest BCUT2D eigenvalue weighted by molar-refractivity contribution is 5.02. The van der Waals surface area contributed by atoms with Gasteiger partial charge in [-0.1, -0.05) is 26.0 Å². The van der Waals surface area contributed by atoms with Crippen molar-refractivity contribution in [2.75, 3.05) is 13.1 Å². The Morgan fingerprint density at radius 3 is 2.78 bits per heavy atom. The molecular formula is C8H15N. The molecule has 0 aromatic heterocycles. The number of nitrogens with zero attached hydrogens (tertiary/aromatic N) is 1. The largest absolute Gasteiger partial charge is 0.294 e. The van der Waals surface area contributed by atoms with Crippen LogP contribution in [0.15, 0.2) is 12.2 Å². The van der Waals surface area contributed by atoms with Gasteiger partial charge in [0.25, 0.3) is 0 Å². The molecule has 1 unspecified atom stereocenters. The molecule has 1 aliphatic heterocycles. The Balaban J connectivity index is 2.39. The second-order valence-corrected chi connectivity index (χ2v) is 2.49. The van der Waals surface area contributed by atoms with Crippen LogP contribution in [0.2, 0.25) is 0 Å². The fourth-order valence-electron chi connectivity index (χ4n) is 1.37. The van der Waals surface area contributed by atoms with E-state index >= 15 is 0 Å². The smallest absolute Gasteiger partial charge is 0.0279 e. The molecule has 0 aliphatic carbocycles. The first kappa shape index (κ1) is 6.81. The SMILES string of the molecule is CCC1C=CCN1CC. The van der Waals surface area contributed by atoms with E-state index < -0.39 is 0 Å². The summed E-state index contributed by atoms with van der Waals surface area (Å²) in [5.41, 5.74) is 0. The molecule has 1 atom stereocenters. The fourth-order valence-corrected chi connectivity index (χ4v) is 1.37. The van der Waals surface area contributed by atoms with Crippen molar-refractivity contribution in [3.8, 4) is 0 Å². The normalized spacial score (nSPS) is 27.6. The lowest BCUT2D eigenvalue weighted by molar-refractivity contribution is 0.281. The first-order valence-corrected chi connectivity index (χ1v) is 3.79. The van der Waals surface area contributed by atoms with Crippen LogP contribution in [0.4, 0.5) is 0 Å². The predicted octanol–water partition coefficient (Wildman–Crippen LogP) is 1.66. The van der Waals surface area contributed by atoms with E-state index in [0.29, 0.717) is 0 Å². The first-order valence-electron chi connectivity index (χ1n) is 3.79. The van der Waals surface area contributed by atoms with Gasteiger partial charge in [-0.25, -0.2) is 0 Å². The molecule has 1 nitrogen and oxygen atoms in total. The van der Waals surface area contributed by atoms with Gasteiger partial charge in [0, 0.05) is 12.6 Å². The van der Waals surface area contributed by atoms with Crippen LogP contribution in [0, 0.1) is 0 Å². The molecule has 52 valence electrons. The van der Waals surface area contributed by atoms with Gasteiger partial charge in [-0.15, -0.1) is 0 Å². The Bertz CT molecular complexity index is 107. The van der Waals surface area contributed by atoms with E-state index in [1.54, 1.807) is 0 Å². The van der Waals surface area contributed by atoms with Crippen molar-refractivity contribution in [3.63, 3.8) is 0 Å². The summed E-state index contributed by atoms with van der Waals surface area (Å²) in [5.74, 6) is 0. The molecule has 0 spiro atoms. The lowest BCUT2D eigenvalue weighted by atomic mass is 10.2. The molecule has 0 fully saturated rings. The van der Waals surface area contributed by atoms with Gasteiger partial charge in [-0.3, -0.25) is 4.90 Å². The van der Waals surface area contributed by atoms with Gasteiger partial charge in [0.05, 0.1) is 0 Å². The van der Waals surface area contributed by atoms with Gasteiger partial charge < -0.3 is 0 Å². The Hall–Kier alpha value is -0.300. The van der Waals surface area contributed by atoms with Crippen molar-refractivity contribution in [2.24, 2.45) is 0 Å². The van der Waals surface area contributed by atoms with Gasteiger partial charge >= 0.3 is 0 Å². The molecule has 1 aliphatic rings. The number of hydrogen-bond donors (Lipinski definition) is 0. The third kappa shape index (κ3) is 1.33. The second kappa shape index (κ2) is 3.02. The van der Waals surface area contributed by atoms with Crippen LogP contribution in [0.1, 0.15) is 20.3 Å². The van der Waals surface area contributed by atoms with Crippen molar-refractivity contribution in [1.82, 2.24) is 4.90 Å².